The standard InChI is InChI=1S/C25H24FN3O/c1-16(25(30)29-21-4-2-3-17(13-21)15-27)18-5-7-19(8-6-18)22-11-12-28-24-10-9-20(26)14-23(22)24/h2-4,9-14,16,18-19H,5-8H2,1H3,(H,29,30)/t16-,18?,19?/m1/s1. The first-order valence-corrected chi connectivity index (χ1v) is 10.4. The highest BCUT2D eigenvalue weighted by Crippen LogP contribution is 2.41. The number of amides is 1. The Morgan fingerprint density at radius 2 is 1.97 bits per heavy atom. The van der Waals surface area contributed by atoms with Crippen LogP contribution in [0.1, 0.15) is 49.7 Å². The lowest BCUT2D eigenvalue weighted by Crippen LogP contribution is -2.29. The third-order valence-electron chi connectivity index (χ3n) is 6.33. The molecule has 1 atom stereocenters. The maximum atomic E-state index is 13.8. The number of rotatable bonds is 4. The van der Waals surface area contributed by atoms with Gasteiger partial charge in [0.2, 0.25) is 5.91 Å². The molecule has 1 heterocycles. The van der Waals surface area contributed by atoms with E-state index in [4.69, 9.17) is 5.26 Å². The van der Waals surface area contributed by atoms with Gasteiger partial charge in [-0.05, 0) is 85.5 Å². The Balaban J connectivity index is 1.41. The molecule has 0 spiro atoms. The summed E-state index contributed by atoms with van der Waals surface area (Å²) in [5.74, 6) is 0.311. The molecule has 5 heteroatoms. The van der Waals surface area contributed by atoms with Crippen molar-refractivity contribution < 1.29 is 9.18 Å². The second kappa shape index (κ2) is 8.62. The number of hydrogen-bond acceptors (Lipinski definition) is 3. The number of carbonyl (C=O) groups is 1. The Labute approximate surface area is 175 Å². The summed E-state index contributed by atoms with van der Waals surface area (Å²) in [6.07, 6.45) is 5.66. The number of nitrogens with one attached hydrogen (secondary N) is 1. The first-order valence-electron chi connectivity index (χ1n) is 10.4. The molecular formula is C25H24FN3O. The van der Waals surface area contributed by atoms with Gasteiger partial charge in [0.15, 0.2) is 0 Å². The zero-order valence-electron chi connectivity index (χ0n) is 16.9. The maximum absolute atomic E-state index is 13.8. The third-order valence-corrected chi connectivity index (χ3v) is 6.33. The van der Waals surface area contributed by atoms with Gasteiger partial charge < -0.3 is 5.32 Å². The molecule has 4 rings (SSSR count). The van der Waals surface area contributed by atoms with Crippen molar-refractivity contribution in [1.29, 1.82) is 5.26 Å². The minimum absolute atomic E-state index is 0.00929. The fourth-order valence-electron chi connectivity index (χ4n) is 4.56. The minimum Gasteiger partial charge on any atom is -0.326 e. The summed E-state index contributed by atoms with van der Waals surface area (Å²) in [4.78, 5) is 17.1. The number of aromatic nitrogens is 1. The summed E-state index contributed by atoms with van der Waals surface area (Å²) >= 11 is 0. The van der Waals surface area contributed by atoms with E-state index in [1.165, 1.54) is 6.07 Å². The molecule has 2 aromatic carbocycles. The largest absolute Gasteiger partial charge is 0.326 e. The molecule has 0 aliphatic heterocycles. The van der Waals surface area contributed by atoms with Crippen LogP contribution in [0.2, 0.25) is 0 Å². The smallest absolute Gasteiger partial charge is 0.227 e. The van der Waals surface area contributed by atoms with Gasteiger partial charge in [0.1, 0.15) is 5.82 Å². The van der Waals surface area contributed by atoms with Crippen molar-refractivity contribution >= 4 is 22.5 Å². The number of carbonyl (C=O) groups excluding carboxylic acids is 1. The fraction of sp³-hybridized carbons (Fsp3) is 0.320. The predicted octanol–water partition coefficient (Wildman–Crippen LogP) is 5.79. The van der Waals surface area contributed by atoms with Crippen LogP contribution in [-0.4, -0.2) is 10.9 Å². The van der Waals surface area contributed by atoms with Gasteiger partial charge >= 0.3 is 0 Å². The fourth-order valence-corrected chi connectivity index (χ4v) is 4.56. The minimum atomic E-state index is -0.240. The normalized spacial score (nSPS) is 19.8. The average Bonchev–Trinajstić information content (AvgIpc) is 2.78. The number of benzene rings is 2. The van der Waals surface area contributed by atoms with Crippen molar-refractivity contribution in [2.75, 3.05) is 5.32 Å². The van der Waals surface area contributed by atoms with E-state index in [-0.39, 0.29) is 17.6 Å². The van der Waals surface area contributed by atoms with Crippen molar-refractivity contribution in [2.24, 2.45) is 11.8 Å². The number of fused-ring (bicyclic) bond motifs is 1. The van der Waals surface area contributed by atoms with Crippen LogP contribution in [0.15, 0.2) is 54.7 Å². The molecule has 1 saturated carbocycles. The molecule has 1 aliphatic rings. The Bertz CT molecular complexity index is 1110. The lowest BCUT2D eigenvalue weighted by Gasteiger charge is -2.32. The van der Waals surface area contributed by atoms with Crippen LogP contribution in [0, 0.1) is 29.0 Å². The molecule has 0 unspecified atom stereocenters. The Hall–Kier alpha value is -3.26. The monoisotopic (exact) mass is 401 g/mol. The molecule has 1 N–H and O–H groups in total. The van der Waals surface area contributed by atoms with Crippen LogP contribution >= 0.6 is 0 Å². The topological polar surface area (TPSA) is 65.8 Å². The second-order valence-corrected chi connectivity index (χ2v) is 8.14. The number of pyridine rings is 1. The first-order chi connectivity index (χ1) is 14.5. The first kappa shape index (κ1) is 20.0. The van der Waals surface area contributed by atoms with Gasteiger partial charge in [-0.25, -0.2) is 4.39 Å². The Morgan fingerprint density at radius 1 is 1.17 bits per heavy atom. The number of halogens is 1. The van der Waals surface area contributed by atoms with Gasteiger partial charge in [0.25, 0.3) is 0 Å². The van der Waals surface area contributed by atoms with E-state index in [1.807, 2.05) is 13.0 Å². The van der Waals surface area contributed by atoms with Gasteiger partial charge in [-0.2, -0.15) is 5.26 Å². The number of nitriles is 1. The molecule has 4 nitrogen and oxygen atoms in total. The summed E-state index contributed by atoms with van der Waals surface area (Å²) in [6, 6.07) is 15.8. The molecular weight excluding hydrogens is 377 g/mol. The van der Waals surface area contributed by atoms with Crippen molar-refractivity contribution in [2.45, 2.75) is 38.5 Å². The molecule has 0 bridgehead atoms. The van der Waals surface area contributed by atoms with Gasteiger partial charge in [0, 0.05) is 23.2 Å². The summed E-state index contributed by atoms with van der Waals surface area (Å²) < 4.78 is 13.8. The summed E-state index contributed by atoms with van der Waals surface area (Å²) in [7, 11) is 0. The third kappa shape index (κ3) is 4.18. The van der Waals surface area contributed by atoms with E-state index in [2.05, 4.69) is 16.4 Å². The molecule has 0 saturated heterocycles. The van der Waals surface area contributed by atoms with Gasteiger partial charge in [-0.1, -0.05) is 13.0 Å². The van der Waals surface area contributed by atoms with Crippen molar-refractivity contribution in [3.8, 4) is 6.07 Å². The SMILES string of the molecule is C[C@@H](C(=O)Nc1cccc(C#N)c1)C1CCC(c2ccnc3ccc(F)cc23)CC1. The maximum Gasteiger partial charge on any atom is 0.227 e. The molecule has 0 radical (unpaired) electrons. The van der Waals surface area contributed by atoms with E-state index in [1.54, 1.807) is 42.6 Å². The zero-order valence-corrected chi connectivity index (χ0v) is 16.9. The molecule has 152 valence electrons. The van der Waals surface area contributed by atoms with Crippen LogP contribution in [0.5, 0.6) is 0 Å². The van der Waals surface area contributed by atoms with Crippen LogP contribution in [0.25, 0.3) is 10.9 Å². The highest BCUT2D eigenvalue weighted by Gasteiger charge is 2.30. The molecule has 30 heavy (non-hydrogen) atoms. The van der Waals surface area contributed by atoms with E-state index in [9.17, 15) is 9.18 Å². The van der Waals surface area contributed by atoms with Crippen LogP contribution < -0.4 is 5.32 Å². The van der Waals surface area contributed by atoms with Crippen molar-refractivity contribution in [1.82, 2.24) is 4.98 Å². The predicted molar refractivity (Wildman–Crippen MR) is 115 cm³/mol. The van der Waals surface area contributed by atoms with Crippen LogP contribution in [0.3, 0.4) is 0 Å². The van der Waals surface area contributed by atoms with E-state index >= 15 is 0 Å². The Morgan fingerprint density at radius 3 is 2.73 bits per heavy atom. The van der Waals surface area contributed by atoms with Crippen molar-refractivity contribution in [3.63, 3.8) is 0 Å². The van der Waals surface area contributed by atoms with E-state index < -0.39 is 0 Å². The van der Waals surface area contributed by atoms with Gasteiger partial charge in [0.05, 0.1) is 17.1 Å². The summed E-state index contributed by atoms with van der Waals surface area (Å²) in [5.41, 5.74) is 3.17. The highest BCUT2D eigenvalue weighted by atomic mass is 19.1. The van der Waals surface area contributed by atoms with E-state index in [0.29, 0.717) is 23.1 Å². The number of hydrogen-bond donors (Lipinski definition) is 1. The lowest BCUT2D eigenvalue weighted by atomic mass is 9.73. The average molecular weight is 401 g/mol. The quantitative estimate of drug-likeness (QED) is 0.601. The van der Waals surface area contributed by atoms with Gasteiger partial charge in [-0.3, -0.25) is 9.78 Å². The van der Waals surface area contributed by atoms with Gasteiger partial charge in [-0.15, -0.1) is 0 Å². The molecule has 1 aliphatic carbocycles. The van der Waals surface area contributed by atoms with E-state index in [0.717, 1.165) is 42.1 Å². The van der Waals surface area contributed by atoms with Crippen LogP contribution in [0.4, 0.5) is 10.1 Å². The van der Waals surface area contributed by atoms with Crippen LogP contribution in [-0.2, 0) is 4.79 Å². The number of nitrogens with zero attached hydrogens (tertiary/aromatic N) is 2. The molecule has 1 aromatic heterocycles. The summed E-state index contributed by atoms with van der Waals surface area (Å²) in [6.45, 7) is 1.98. The second-order valence-electron chi connectivity index (χ2n) is 8.14. The lowest BCUT2D eigenvalue weighted by molar-refractivity contribution is -0.121. The molecule has 1 amide bonds. The van der Waals surface area contributed by atoms with Crippen molar-refractivity contribution in [3.05, 3.63) is 71.7 Å². The number of anilines is 1. The Kier molecular flexibility index (Phi) is 5.76. The summed E-state index contributed by atoms with van der Waals surface area (Å²) in [5, 5.41) is 12.9. The zero-order chi connectivity index (χ0) is 21.1. The molecule has 3 aromatic rings. The molecule has 1 fully saturated rings. The highest BCUT2D eigenvalue weighted by molar-refractivity contribution is 5.92.